The van der Waals surface area contributed by atoms with Gasteiger partial charge in [-0.1, -0.05) is 11.6 Å². The van der Waals surface area contributed by atoms with E-state index in [-0.39, 0.29) is 16.1 Å². The summed E-state index contributed by atoms with van der Waals surface area (Å²) in [5.41, 5.74) is 0.210. The first-order chi connectivity index (χ1) is 7.08. The number of likely N-dealkylation sites (N-methyl/N-ethyl adjacent to an activating group) is 1. The van der Waals surface area contributed by atoms with E-state index in [9.17, 15) is 8.78 Å². The van der Waals surface area contributed by atoms with Crippen LogP contribution in [0.2, 0.25) is 5.02 Å². The van der Waals surface area contributed by atoms with E-state index in [4.69, 9.17) is 11.6 Å². The van der Waals surface area contributed by atoms with Gasteiger partial charge < -0.3 is 5.32 Å². The highest BCUT2D eigenvalue weighted by molar-refractivity contribution is 6.31. The SMILES string of the molecule is CNC1(Cc2c(F)ccc(F)c2Cl)CC1. The van der Waals surface area contributed by atoms with Crippen molar-refractivity contribution in [2.75, 3.05) is 7.05 Å². The Labute approximate surface area is 92.4 Å². The van der Waals surface area contributed by atoms with Gasteiger partial charge in [0.15, 0.2) is 0 Å². The summed E-state index contributed by atoms with van der Waals surface area (Å²) < 4.78 is 26.6. The van der Waals surface area contributed by atoms with Crippen molar-refractivity contribution in [3.63, 3.8) is 0 Å². The first-order valence-corrected chi connectivity index (χ1v) is 5.27. The molecule has 0 spiro atoms. The van der Waals surface area contributed by atoms with Crippen LogP contribution in [0.25, 0.3) is 0 Å². The van der Waals surface area contributed by atoms with Crippen LogP contribution in [0, 0.1) is 11.6 Å². The highest BCUT2D eigenvalue weighted by atomic mass is 35.5. The van der Waals surface area contributed by atoms with Gasteiger partial charge in [-0.05, 0) is 38.4 Å². The van der Waals surface area contributed by atoms with Crippen molar-refractivity contribution in [1.82, 2.24) is 5.32 Å². The van der Waals surface area contributed by atoms with E-state index < -0.39 is 11.6 Å². The molecule has 2 rings (SSSR count). The van der Waals surface area contributed by atoms with Crippen molar-refractivity contribution in [3.05, 3.63) is 34.4 Å². The predicted octanol–water partition coefficient (Wildman–Crippen LogP) is 2.91. The molecular formula is C11H12ClF2N. The van der Waals surface area contributed by atoms with Crippen molar-refractivity contribution in [2.45, 2.75) is 24.8 Å². The van der Waals surface area contributed by atoms with Gasteiger partial charge in [0, 0.05) is 11.1 Å². The third-order valence-electron chi connectivity index (χ3n) is 3.04. The van der Waals surface area contributed by atoms with Crippen molar-refractivity contribution in [3.8, 4) is 0 Å². The zero-order valence-electron chi connectivity index (χ0n) is 8.41. The molecule has 0 amide bonds. The predicted molar refractivity (Wildman–Crippen MR) is 56.1 cm³/mol. The molecule has 0 atom stereocenters. The lowest BCUT2D eigenvalue weighted by Crippen LogP contribution is -2.30. The first kappa shape index (κ1) is 10.8. The fourth-order valence-corrected chi connectivity index (χ4v) is 1.96. The summed E-state index contributed by atoms with van der Waals surface area (Å²) in [4.78, 5) is 0. The Balaban J connectivity index is 2.31. The quantitative estimate of drug-likeness (QED) is 0.789. The summed E-state index contributed by atoms with van der Waals surface area (Å²) in [7, 11) is 1.83. The van der Waals surface area contributed by atoms with Gasteiger partial charge in [-0.25, -0.2) is 8.78 Å². The molecule has 82 valence electrons. The maximum Gasteiger partial charge on any atom is 0.142 e. The lowest BCUT2D eigenvalue weighted by molar-refractivity contribution is 0.518. The summed E-state index contributed by atoms with van der Waals surface area (Å²) in [5, 5.41) is 3.04. The Kier molecular flexibility index (Phi) is 2.69. The molecule has 1 aromatic carbocycles. The highest BCUT2D eigenvalue weighted by Gasteiger charge is 2.42. The third-order valence-corrected chi connectivity index (χ3v) is 3.45. The Bertz CT molecular complexity index is 388. The zero-order chi connectivity index (χ0) is 11.1. The van der Waals surface area contributed by atoms with Crippen LogP contribution in [0.4, 0.5) is 8.78 Å². The summed E-state index contributed by atoms with van der Waals surface area (Å²) >= 11 is 5.75. The molecule has 0 aliphatic heterocycles. The van der Waals surface area contributed by atoms with E-state index >= 15 is 0 Å². The highest BCUT2D eigenvalue weighted by Crippen LogP contribution is 2.40. The normalized spacial score (nSPS) is 17.9. The van der Waals surface area contributed by atoms with E-state index in [0.717, 1.165) is 25.0 Å². The molecule has 0 heterocycles. The summed E-state index contributed by atoms with van der Waals surface area (Å²) in [5.74, 6) is -0.983. The average Bonchev–Trinajstić information content (AvgIpc) is 3.00. The van der Waals surface area contributed by atoms with Crippen molar-refractivity contribution < 1.29 is 8.78 Å². The average molecular weight is 232 g/mol. The molecule has 0 bridgehead atoms. The number of rotatable bonds is 3. The minimum Gasteiger partial charge on any atom is -0.314 e. The molecule has 1 aliphatic rings. The summed E-state index contributed by atoms with van der Waals surface area (Å²) in [6, 6.07) is 2.18. The largest absolute Gasteiger partial charge is 0.314 e. The molecule has 0 saturated heterocycles. The second-order valence-electron chi connectivity index (χ2n) is 4.03. The van der Waals surface area contributed by atoms with Gasteiger partial charge in [-0.15, -0.1) is 0 Å². The fourth-order valence-electron chi connectivity index (χ4n) is 1.74. The fraction of sp³-hybridized carbons (Fsp3) is 0.455. The number of hydrogen-bond acceptors (Lipinski definition) is 1. The van der Waals surface area contributed by atoms with Gasteiger partial charge in [0.05, 0.1) is 5.02 Å². The van der Waals surface area contributed by atoms with Crippen LogP contribution < -0.4 is 5.32 Å². The zero-order valence-corrected chi connectivity index (χ0v) is 9.17. The number of hydrogen-bond donors (Lipinski definition) is 1. The Morgan fingerprint density at radius 2 is 1.93 bits per heavy atom. The third kappa shape index (κ3) is 1.99. The maximum atomic E-state index is 13.4. The van der Waals surface area contributed by atoms with Gasteiger partial charge in [0.25, 0.3) is 0 Å². The Hall–Kier alpha value is -0.670. The molecule has 0 radical (unpaired) electrons. The van der Waals surface area contributed by atoms with Crippen LogP contribution in [0.1, 0.15) is 18.4 Å². The van der Waals surface area contributed by atoms with E-state index in [1.165, 1.54) is 0 Å². The molecule has 4 heteroatoms. The lowest BCUT2D eigenvalue weighted by atomic mass is 10.0. The minimum atomic E-state index is -0.556. The molecule has 1 nitrogen and oxygen atoms in total. The minimum absolute atomic E-state index is 0.0712. The van der Waals surface area contributed by atoms with E-state index in [0.29, 0.717) is 6.42 Å². The molecular weight excluding hydrogens is 220 g/mol. The maximum absolute atomic E-state index is 13.4. The summed E-state index contributed by atoms with van der Waals surface area (Å²) in [6.45, 7) is 0. The van der Waals surface area contributed by atoms with E-state index in [1.807, 2.05) is 7.05 Å². The van der Waals surface area contributed by atoms with E-state index in [2.05, 4.69) is 5.32 Å². The lowest BCUT2D eigenvalue weighted by Gasteiger charge is -2.15. The Morgan fingerprint density at radius 3 is 2.47 bits per heavy atom. The molecule has 0 aromatic heterocycles. The molecule has 0 unspecified atom stereocenters. The van der Waals surface area contributed by atoms with Crippen molar-refractivity contribution in [1.29, 1.82) is 0 Å². The second kappa shape index (κ2) is 3.72. The van der Waals surface area contributed by atoms with E-state index in [1.54, 1.807) is 0 Å². The van der Waals surface area contributed by atoms with Gasteiger partial charge in [-0.3, -0.25) is 0 Å². The van der Waals surface area contributed by atoms with Crippen LogP contribution in [0.15, 0.2) is 12.1 Å². The molecule has 1 saturated carbocycles. The first-order valence-electron chi connectivity index (χ1n) is 4.89. The number of nitrogens with one attached hydrogen (secondary N) is 1. The smallest absolute Gasteiger partial charge is 0.142 e. The van der Waals surface area contributed by atoms with Gasteiger partial charge in [0.1, 0.15) is 11.6 Å². The number of halogens is 3. The van der Waals surface area contributed by atoms with Crippen LogP contribution in [0.5, 0.6) is 0 Å². The van der Waals surface area contributed by atoms with Gasteiger partial charge in [0.2, 0.25) is 0 Å². The monoisotopic (exact) mass is 231 g/mol. The molecule has 1 N–H and O–H groups in total. The van der Waals surface area contributed by atoms with Crippen LogP contribution in [0.3, 0.4) is 0 Å². The number of benzene rings is 1. The van der Waals surface area contributed by atoms with Gasteiger partial charge in [-0.2, -0.15) is 0 Å². The molecule has 1 aromatic rings. The molecule has 1 fully saturated rings. The Morgan fingerprint density at radius 1 is 1.33 bits per heavy atom. The molecule has 15 heavy (non-hydrogen) atoms. The second-order valence-corrected chi connectivity index (χ2v) is 4.41. The topological polar surface area (TPSA) is 12.0 Å². The van der Waals surface area contributed by atoms with Gasteiger partial charge >= 0.3 is 0 Å². The standard InChI is InChI=1S/C11H12ClF2N/c1-15-11(4-5-11)6-7-8(13)2-3-9(14)10(7)12/h2-3,15H,4-6H2,1H3. The van der Waals surface area contributed by atoms with Crippen molar-refractivity contribution in [2.24, 2.45) is 0 Å². The molecule has 1 aliphatic carbocycles. The van der Waals surface area contributed by atoms with Crippen LogP contribution >= 0.6 is 11.6 Å². The van der Waals surface area contributed by atoms with Crippen LogP contribution in [-0.4, -0.2) is 12.6 Å². The summed E-state index contributed by atoms with van der Waals surface area (Å²) in [6.07, 6.45) is 2.41. The van der Waals surface area contributed by atoms with Crippen molar-refractivity contribution >= 4 is 11.6 Å². The van der Waals surface area contributed by atoms with Crippen LogP contribution in [-0.2, 0) is 6.42 Å².